The van der Waals surface area contributed by atoms with Gasteiger partial charge in [0, 0.05) is 0 Å². The molecule has 0 atom stereocenters. The second-order valence-corrected chi connectivity index (χ2v) is 3.06. The molecule has 4 heteroatoms. The summed E-state index contributed by atoms with van der Waals surface area (Å²) in [4.78, 5) is 21.8. The number of carboxylic acids is 2. The molecule has 0 radical (unpaired) electrons. The largest absolute Gasteiger partial charge is 0.478 e. The number of hydrogen-bond acceptors (Lipinski definition) is 2. The highest BCUT2D eigenvalue weighted by Gasteiger charge is 2.14. The second kappa shape index (κ2) is 7.45. The number of aliphatic carboxylic acids is 2. The van der Waals surface area contributed by atoms with Crippen LogP contribution in [0.5, 0.6) is 0 Å². The number of rotatable bonds is 6. The van der Waals surface area contributed by atoms with E-state index in [0.717, 1.165) is 0 Å². The van der Waals surface area contributed by atoms with Crippen LogP contribution in [0.3, 0.4) is 0 Å². The third kappa shape index (κ3) is 4.59. The Labute approximate surface area is 94.6 Å². The van der Waals surface area contributed by atoms with Crippen molar-refractivity contribution in [2.75, 3.05) is 0 Å². The highest BCUT2D eigenvalue weighted by atomic mass is 16.4. The fourth-order valence-corrected chi connectivity index (χ4v) is 1.02. The summed E-state index contributed by atoms with van der Waals surface area (Å²) < 4.78 is 0. The van der Waals surface area contributed by atoms with E-state index in [1.54, 1.807) is 12.2 Å². The predicted octanol–water partition coefficient (Wildman–Crippen LogP) is 2.38. The smallest absolute Gasteiger partial charge is 0.336 e. The molecule has 0 saturated carbocycles. The first-order chi connectivity index (χ1) is 7.54. The second-order valence-electron chi connectivity index (χ2n) is 3.06. The molecule has 0 fully saturated rings. The van der Waals surface area contributed by atoms with Gasteiger partial charge in [-0.25, -0.2) is 9.59 Å². The molecule has 0 aliphatic carbocycles. The summed E-state index contributed by atoms with van der Waals surface area (Å²) in [5.41, 5.74) is -0.391. The summed E-state index contributed by atoms with van der Waals surface area (Å²) in [6.07, 6.45) is 7.19. The minimum absolute atomic E-state index is 0.195. The zero-order valence-electron chi connectivity index (χ0n) is 9.43. The first-order valence-corrected chi connectivity index (χ1v) is 5.08. The lowest BCUT2D eigenvalue weighted by Gasteiger charge is -2.00. The van der Waals surface area contributed by atoms with Gasteiger partial charge in [-0.1, -0.05) is 38.2 Å². The van der Waals surface area contributed by atoms with Gasteiger partial charge in [0.2, 0.25) is 0 Å². The Kier molecular flexibility index (Phi) is 6.59. The lowest BCUT2D eigenvalue weighted by molar-refractivity contribution is -0.135. The molecule has 2 N–H and O–H groups in total. The third-order valence-corrected chi connectivity index (χ3v) is 1.79. The van der Waals surface area contributed by atoms with Crippen LogP contribution in [-0.2, 0) is 9.59 Å². The lowest BCUT2D eigenvalue weighted by Crippen LogP contribution is -2.08. The van der Waals surface area contributed by atoms with Crippen molar-refractivity contribution in [2.24, 2.45) is 0 Å². The quantitative estimate of drug-likeness (QED) is 0.536. The number of hydrogen-bond donors (Lipinski definition) is 2. The molecule has 0 aliphatic heterocycles. The van der Waals surface area contributed by atoms with Gasteiger partial charge in [0.05, 0.1) is 11.1 Å². The van der Waals surface area contributed by atoms with E-state index in [-0.39, 0.29) is 11.1 Å². The molecule has 0 spiro atoms. The molecule has 0 rings (SSSR count). The van der Waals surface area contributed by atoms with Gasteiger partial charge in [0.1, 0.15) is 0 Å². The van der Waals surface area contributed by atoms with Crippen LogP contribution in [0.1, 0.15) is 26.7 Å². The van der Waals surface area contributed by atoms with E-state index in [1.807, 2.05) is 13.8 Å². The molecule has 0 saturated heterocycles. The Balaban J connectivity index is 5.44. The van der Waals surface area contributed by atoms with Crippen molar-refractivity contribution in [3.05, 3.63) is 35.5 Å². The summed E-state index contributed by atoms with van der Waals surface area (Å²) in [6, 6.07) is 0. The van der Waals surface area contributed by atoms with Gasteiger partial charge in [-0.15, -0.1) is 0 Å². The maximum absolute atomic E-state index is 10.9. The van der Waals surface area contributed by atoms with E-state index in [1.165, 1.54) is 12.2 Å². The fourth-order valence-electron chi connectivity index (χ4n) is 1.02. The van der Waals surface area contributed by atoms with E-state index in [0.29, 0.717) is 12.8 Å². The first kappa shape index (κ1) is 14.2. The molecule has 88 valence electrons. The van der Waals surface area contributed by atoms with Crippen molar-refractivity contribution < 1.29 is 19.8 Å². The molecule has 0 aromatic rings. The monoisotopic (exact) mass is 224 g/mol. The van der Waals surface area contributed by atoms with Gasteiger partial charge in [-0.05, 0) is 12.8 Å². The minimum Gasteiger partial charge on any atom is -0.478 e. The van der Waals surface area contributed by atoms with Crippen LogP contribution < -0.4 is 0 Å². The summed E-state index contributed by atoms with van der Waals surface area (Å²) in [5, 5.41) is 17.8. The number of carboxylic acid groups (broad SMARTS) is 2. The predicted molar refractivity (Wildman–Crippen MR) is 61.2 cm³/mol. The number of allylic oxidation sites excluding steroid dienone is 2. The lowest BCUT2D eigenvalue weighted by atomic mass is 10.1. The average molecular weight is 224 g/mol. The Morgan fingerprint density at radius 1 is 0.875 bits per heavy atom. The van der Waals surface area contributed by atoms with Crippen molar-refractivity contribution in [1.29, 1.82) is 0 Å². The molecular formula is C12H16O4. The highest BCUT2D eigenvalue weighted by Crippen LogP contribution is 2.10. The molecule has 0 bridgehead atoms. The SMILES string of the molecule is CCC=C/C(C(=O)O)=C(\C=CCC)C(=O)O. The van der Waals surface area contributed by atoms with E-state index < -0.39 is 11.9 Å². The van der Waals surface area contributed by atoms with Crippen molar-refractivity contribution in [3.8, 4) is 0 Å². The summed E-state index contributed by atoms with van der Waals surface area (Å²) in [5.74, 6) is -2.47. The Morgan fingerprint density at radius 3 is 1.38 bits per heavy atom. The van der Waals surface area contributed by atoms with Gasteiger partial charge in [-0.2, -0.15) is 0 Å². The van der Waals surface area contributed by atoms with E-state index in [2.05, 4.69) is 0 Å². The van der Waals surface area contributed by atoms with Gasteiger partial charge in [0.25, 0.3) is 0 Å². The standard InChI is InChI=1S/C12H16O4/c1-3-5-7-9(11(13)14)10(12(15)16)8-6-4-2/h5-8H,3-4H2,1-2H3,(H,13,14)(H,15,16)/b7-5?,8-6?,10-9-. The van der Waals surface area contributed by atoms with Crippen LogP contribution in [0.4, 0.5) is 0 Å². The molecular weight excluding hydrogens is 208 g/mol. The molecule has 0 heterocycles. The van der Waals surface area contributed by atoms with Crippen molar-refractivity contribution >= 4 is 11.9 Å². The number of carbonyl (C=O) groups is 2. The van der Waals surface area contributed by atoms with Crippen LogP contribution in [0.25, 0.3) is 0 Å². The van der Waals surface area contributed by atoms with Crippen LogP contribution in [0.15, 0.2) is 35.5 Å². The molecule has 0 aliphatic rings. The molecule has 0 aromatic heterocycles. The maximum Gasteiger partial charge on any atom is 0.336 e. The summed E-state index contributed by atoms with van der Waals surface area (Å²) in [6.45, 7) is 3.69. The van der Waals surface area contributed by atoms with Gasteiger partial charge >= 0.3 is 11.9 Å². The fraction of sp³-hybridized carbons (Fsp3) is 0.333. The van der Waals surface area contributed by atoms with Crippen LogP contribution in [0, 0.1) is 0 Å². The normalized spacial score (nSPS) is 13.1. The topological polar surface area (TPSA) is 74.6 Å². The molecule has 0 unspecified atom stereocenters. The average Bonchev–Trinajstić information content (AvgIpc) is 2.21. The maximum atomic E-state index is 10.9. The zero-order valence-corrected chi connectivity index (χ0v) is 9.43. The Morgan fingerprint density at radius 2 is 1.19 bits per heavy atom. The molecule has 0 aromatic carbocycles. The van der Waals surface area contributed by atoms with Gasteiger partial charge in [0.15, 0.2) is 0 Å². The van der Waals surface area contributed by atoms with E-state index in [9.17, 15) is 9.59 Å². The Hall–Kier alpha value is -1.84. The Bertz CT molecular complexity index is 314. The van der Waals surface area contributed by atoms with E-state index in [4.69, 9.17) is 10.2 Å². The molecule has 0 amide bonds. The van der Waals surface area contributed by atoms with Crippen LogP contribution in [-0.4, -0.2) is 22.2 Å². The van der Waals surface area contributed by atoms with E-state index >= 15 is 0 Å². The summed E-state index contributed by atoms with van der Waals surface area (Å²) in [7, 11) is 0. The van der Waals surface area contributed by atoms with Crippen molar-refractivity contribution in [2.45, 2.75) is 26.7 Å². The van der Waals surface area contributed by atoms with Crippen LogP contribution >= 0.6 is 0 Å². The van der Waals surface area contributed by atoms with Crippen molar-refractivity contribution in [1.82, 2.24) is 0 Å². The highest BCUT2D eigenvalue weighted by molar-refractivity contribution is 6.02. The molecule has 4 nitrogen and oxygen atoms in total. The molecule has 16 heavy (non-hydrogen) atoms. The van der Waals surface area contributed by atoms with Gasteiger partial charge in [-0.3, -0.25) is 0 Å². The zero-order chi connectivity index (χ0) is 12.6. The van der Waals surface area contributed by atoms with Crippen molar-refractivity contribution in [3.63, 3.8) is 0 Å². The van der Waals surface area contributed by atoms with Gasteiger partial charge < -0.3 is 10.2 Å². The third-order valence-electron chi connectivity index (χ3n) is 1.79. The first-order valence-electron chi connectivity index (χ1n) is 5.08. The van der Waals surface area contributed by atoms with Crippen LogP contribution in [0.2, 0.25) is 0 Å². The summed E-state index contributed by atoms with van der Waals surface area (Å²) >= 11 is 0. The minimum atomic E-state index is -1.23.